The molecule has 0 aliphatic heterocycles. The summed E-state index contributed by atoms with van der Waals surface area (Å²) in [5.74, 6) is -0.161. The number of aromatic nitrogens is 1. The van der Waals surface area contributed by atoms with Gasteiger partial charge in [0.05, 0.1) is 28.9 Å². The quantitative estimate of drug-likeness (QED) is 0.599. The molecule has 2 N–H and O–H groups in total. The lowest BCUT2D eigenvalue weighted by Gasteiger charge is -2.12. The monoisotopic (exact) mass is 417 g/mol. The lowest BCUT2D eigenvalue weighted by molar-refractivity contribution is 0.0846. The Bertz CT molecular complexity index is 979. The molecule has 2 aromatic carbocycles. The molecule has 28 heavy (non-hydrogen) atoms. The van der Waals surface area contributed by atoms with Crippen LogP contribution in [0.4, 0.5) is 0 Å². The smallest absolute Gasteiger partial charge is 0.271 e. The molecule has 1 aromatic heterocycles. The Labute approximate surface area is 170 Å². The minimum absolute atomic E-state index is 0.257. The van der Waals surface area contributed by atoms with Crippen LogP contribution in [0.25, 0.3) is 0 Å². The van der Waals surface area contributed by atoms with Gasteiger partial charge in [-0.3, -0.25) is 20.4 Å². The minimum Gasteiger partial charge on any atom is -0.493 e. The molecule has 0 atom stereocenters. The molecule has 0 spiro atoms. The predicted octanol–water partition coefficient (Wildman–Crippen LogP) is 3.46. The van der Waals surface area contributed by atoms with E-state index in [2.05, 4.69) is 15.8 Å². The van der Waals surface area contributed by atoms with Crippen molar-refractivity contribution in [2.24, 2.45) is 0 Å². The van der Waals surface area contributed by atoms with Crippen LogP contribution >= 0.6 is 22.9 Å². The van der Waals surface area contributed by atoms with Crippen molar-refractivity contribution in [2.45, 2.75) is 6.61 Å². The van der Waals surface area contributed by atoms with E-state index in [1.165, 1.54) is 24.5 Å². The average molecular weight is 418 g/mol. The zero-order chi connectivity index (χ0) is 19.9. The number of nitrogens with zero attached hydrogens (tertiary/aromatic N) is 1. The number of ether oxygens (including phenoxy) is 2. The molecule has 3 aromatic rings. The molecule has 9 heteroatoms. The number of carbonyl (C=O) groups excluding carboxylic acids is 2. The maximum absolute atomic E-state index is 12.3. The number of halogens is 1. The first-order chi connectivity index (χ1) is 13.6. The summed E-state index contributed by atoms with van der Waals surface area (Å²) in [6, 6.07) is 11.2. The van der Waals surface area contributed by atoms with Crippen LogP contribution in [0.15, 0.2) is 53.4 Å². The van der Waals surface area contributed by atoms with Gasteiger partial charge in [-0.25, -0.2) is 4.98 Å². The number of hydrogen-bond donors (Lipinski definition) is 2. The zero-order valence-corrected chi connectivity index (χ0v) is 16.3. The Morgan fingerprint density at radius 3 is 2.61 bits per heavy atom. The number of carbonyl (C=O) groups is 2. The number of nitrogens with one attached hydrogen (secondary N) is 2. The van der Waals surface area contributed by atoms with Crippen molar-refractivity contribution in [3.05, 3.63) is 75.2 Å². The second kappa shape index (κ2) is 9.20. The largest absolute Gasteiger partial charge is 0.493 e. The fourth-order valence-electron chi connectivity index (χ4n) is 2.29. The molecule has 144 valence electrons. The van der Waals surface area contributed by atoms with E-state index in [1.807, 2.05) is 5.38 Å². The molecule has 0 aliphatic rings. The van der Waals surface area contributed by atoms with Crippen molar-refractivity contribution >= 4 is 34.8 Å². The number of thiazole rings is 1. The summed E-state index contributed by atoms with van der Waals surface area (Å²) in [6.45, 7) is 0.291. The van der Waals surface area contributed by atoms with Crippen molar-refractivity contribution in [2.75, 3.05) is 7.11 Å². The maximum atomic E-state index is 12.3. The summed E-state index contributed by atoms with van der Waals surface area (Å²) < 4.78 is 11.0. The van der Waals surface area contributed by atoms with E-state index in [1.54, 1.807) is 41.9 Å². The molecule has 1 heterocycles. The second-order valence-electron chi connectivity index (χ2n) is 5.52. The standard InChI is InChI=1S/C19H16ClN3O4S/c1-26-17-8-12(6-7-16(17)27-9-13-10-28-11-21-13)18(24)22-23-19(25)14-4-2-3-5-15(14)20/h2-8,10-11H,9H2,1H3,(H,22,24)(H,23,25). The molecule has 0 unspecified atom stereocenters. The number of benzene rings is 2. The molecule has 7 nitrogen and oxygen atoms in total. The van der Waals surface area contributed by atoms with Crippen LogP contribution in [0.5, 0.6) is 11.5 Å². The van der Waals surface area contributed by atoms with Gasteiger partial charge < -0.3 is 9.47 Å². The summed E-state index contributed by atoms with van der Waals surface area (Å²) in [6.07, 6.45) is 0. The molecule has 2 amide bonds. The normalized spacial score (nSPS) is 10.2. The van der Waals surface area contributed by atoms with E-state index in [0.717, 1.165) is 5.69 Å². The Hall–Kier alpha value is -3.10. The average Bonchev–Trinajstić information content (AvgIpc) is 3.24. The summed E-state index contributed by atoms with van der Waals surface area (Å²) in [7, 11) is 1.48. The van der Waals surface area contributed by atoms with Crippen LogP contribution in [-0.2, 0) is 6.61 Å². The van der Waals surface area contributed by atoms with E-state index in [4.69, 9.17) is 21.1 Å². The molecular formula is C19H16ClN3O4S. The highest BCUT2D eigenvalue weighted by Gasteiger charge is 2.14. The molecule has 0 fully saturated rings. The molecular weight excluding hydrogens is 402 g/mol. The SMILES string of the molecule is COc1cc(C(=O)NNC(=O)c2ccccc2Cl)ccc1OCc1cscn1. The van der Waals surface area contributed by atoms with Crippen LogP contribution < -0.4 is 20.3 Å². The molecule has 0 saturated heterocycles. The van der Waals surface area contributed by atoms with E-state index in [9.17, 15) is 9.59 Å². The van der Waals surface area contributed by atoms with Gasteiger partial charge in [-0.1, -0.05) is 23.7 Å². The van der Waals surface area contributed by atoms with E-state index in [-0.39, 0.29) is 16.1 Å². The van der Waals surface area contributed by atoms with Gasteiger partial charge in [0.25, 0.3) is 11.8 Å². The summed E-state index contributed by atoms with van der Waals surface area (Å²) >= 11 is 7.45. The molecule has 0 radical (unpaired) electrons. The van der Waals surface area contributed by atoms with Crippen molar-refractivity contribution in [3.63, 3.8) is 0 Å². The van der Waals surface area contributed by atoms with Crippen LogP contribution in [0.1, 0.15) is 26.4 Å². The Kier molecular flexibility index (Phi) is 6.46. The third-order valence-corrected chi connectivity index (χ3v) is 4.66. The highest BCUT2D eigenvalue weighted by atomic mass is 35.5. The van der Waals surface area contributed by atoms with Gasteiger partial charge in [-0.2, -0.15) is 0 Å². The molecule has 0 saturated carbocycles. The fraction of sp³-hybridized carbons (Fsp3) is 0.105. The van der Waals surface area contributed by atoms with Gasteiger partial charge in [0.1, 0.15) is 6.61 Å². The van der Waals surface area contributed by atoms with Crippen LogP contribution in [0.3, 0.4) is 0 Å². The Balaban J connectivity index is 1.63. The number of rotatable bonds is 6. The van der Waals surface area contributed by atoms with Crippen LogP contribution in [0.2, 0.25) is 5.02 Å². The first-order valence-electron chi connectivity index (χ1n) is 8.11. The second-order valence-corrected chi connectivity index (χ2v) is 6.65. The number of hydrazine groups is 1. The summed E-state index contributed by atoms with van der Waals surface area (Å²) in [5, 5.41) is 2.17. The molecule has 0 bridgehead atoms. The van der Waals surface area contributed by atoms with Crippen molar-refractivity contribution in [1.29, 1.82) is 0 Å². The third-order valence-electron chi connectivity index (χ3n) is 3.69. The van der Waals surface area contributed by atoms with Crippen LogP contribution in [0, 0.1) is 0 Å². The third kappa shape index (κ3) is 4.79. The minimum atomic E-state index is -0.519. The van der Waals surface area contributed by atoms with Gasteiger partial charge in [0, 0.05) is 10.9 Å². The number of hydrogen-bond acceptors (Lipinski definition) is 6. The van der Waals surface area contributed by atoms with Crippen LogP contribution in [-0.4, -0.2) is 23.9 Å². The van der Waals surface area contributed by atoms with E-state index >= 15 is 0 Å². The van der Waals surface area contributed by atoms with Gasteiger partial charge in [-0.15, -0.1) is 11.3 Å². The summed E-state index contributed by atoms with van der Waals surface area (Å²) in [5.41, 5.74) is 7.75. The topological polar surface area (TPSA) is 89.6 Å². The highest BCUT2D eigenvalue weighted by molar-refractivity contribution is 7.07. The molecule has 3 rings (SSSR count). The lowest BCUT2D eigenvalue weighted by Crippen LogP contribution is -2.41. The predicted molar refractivity (Wildman–Crippen MR) is 106 cm³/mol. The van der Waals surface area contributed by atoms with Gasteiger partial charge in [0.15, 0.2) is 11.5 Å². The Morgan fingerprint density at radius 2 is 1.89 bits per heavy atom. The van der Waals surface area contributed by atoms with Crippen molar-refractivity contribution in [3.8, 4) is 11.5 Å². The lowest BCUT2D eigenvalue weighted by atomic mass is 10.2. The zero-order valence-electron chi connectivity index (χ0n) is 14.8. The van der Waals surface area contributed by atoms with Gasteiger partial charge in [0.2, 0.25) is 0 Å². The van der Waals surface area contributed by atoms with E-state index < -0.39 is 11.8 Å². The van der Waals surface area contributed by atoms with Crippen molar-refractivity contribution in [1.82, 2.24) is 15.8 Å². The van der Waals surface area contributed by atoms with Crippen molar-refractivity contribution < 1.29 is 19.1 Å². The molecule has 0 aliphatic carbocycles. The number of methoxy groups -OCH3 is 1. The summed E-state index contributed by atoms with van der Waals surface area (Å²) in [4.78, 5) is 28.6. The highest BCUT2D eigenvalue weighted by Crippen LogP contribution is 2.28. The maximum Gasteiger partial charge on any atom is 0.271 e. The Morgan fingerprint density at radius 1 is 1.11 bits per heavy atom. The first-order valence-corrected chi connectivity index (χ1v) is 9.43. The number of amides is 2. The van der Waals surface area contributed by atoms with E-state index in [0.29, 0.717) is 18.1 Å². The fourth-order valence-corrected chi connectivity index (χ4v) is 3.05. The van der Waals surface area contributed by atoms with Gasteiger partial charge in [-0.05, 0) is 30.3 Å². The first kappa shape index (κ1) is 19.7. The van der Waals surface area contributed by atoms with Gasteiger partial charge >= 0.3 is 0 Å².